The minimum Gasteiger partial charge on any atom is -0.481 e. The third-order valence-electron chi connectivity index (χ3n) is 21.1. The van der Waals surface area contributed by atoms with E-state index in [4.69, 9.17) is 0 Å². The van der Waals surface area contributed by atoms with E-state index in [2.05, 4.69) is 46.9 Å². The number of carboxylic acid groups (broad SMARTS) is 1. The Morgan fingerprint density at radius 1 is 0.596 bits per heavy atom. The molecule has 0 saturated heterocycles. The molecule has 0 unspecified atom stereocenters. The van der Waals surface area contributed by atoms with Crippen LogP contribution in [0.4, 0.5) is 0 Å². The number of hydrogen-bond donors (Lipinski definition) is 7. The van der Waals surface area contributed by atoms with Crippen molar-refractivity contribution in [3.8, 4) is 0 Å². The van der Waals surface area contributed by atoms with Gasteiger partial charge in [0.25, 0.3) is 0 Å². The van der Waals surface area contributed by atoms with Crippen molar-refractivity contribution in [2.75, 3.05) is 0 Å². The van der Waals surface area contributed by atoms with Gasteiger partial charge in [-0.3, -0.25) is 9.59 Å². The van der Waals surface area contributed by atoms with Crippen LogP contribution in [-0.4, -0.2) is 79.1 Å². The molecule has 0 aromatic heterocycles. The molecule has 0 heterocycles. The van der Waals surface area contributed by atoms with Crippen LogP contribution in [0.2, 0.25) is 0 Å². The van der Waals surface area contributed by atoms with Gasteiger partial charge in [0.05, 0.1) is 30.5 Å². The third-order valence-corrected chi connectivity index (χ3v) is 21.1. The molecule has 22 atom stereocenters. The monoisotopic (exact) mass is 798 g/mol. The van der Waals surface area contributed by atoms with Crippen molar-refractivity contribution in [3.05, 3.63) is 0 Å². The summed E-state index contributed by atoms with van der Waals surface area (Å²) in [6.45, 7) is 13.7. The number of carbonyl (C=O) groups is 2. The highest BCUT2D eigenvalue weighted by atomic mass is 16.4. The maximum absolute atomic E-state index is 13.7. The van der Waals surface area contributed by atoms with Gasteiger partial charge in [-0.15, -0.1) is 0 Å². The van der Waals surface area contributed by atoms with Gasteiger partial charge in [-0.25, -0.2) is 0 Å². The maximum Gasteiger partial charge on any atom is 0.303 e. The van der Waals surface area contributed by atoms with Crippen molar-refractivity contribution in [3.63, 3.8) is 0 Å². The fourth-order valence-electron chi connectivity index (χ4n) is 17.8. The molecule has 8 fully saturated rings. The first-order valence-electron chi connectivity index (χ1n) is 23.7. The van der Waals surface area contributed by atoms with E-state index in [1.165, 1.54) is 0 Å². The normalized spacial score (nSPS) is 53.9. The largest absolute Gasteiger partial charge is 0.481 e. The van der Waals surface area contributed by atoms with Gasteiger partial charge in [0, 0.05) is 18.9 Å². The predicted octanol–water partition coefficient (Wildman–Crippen LogP) is 6.95. The average molecular weight is 798 g/mol. The lowest BCUT2D eigenvalue weighted by atomic mass is 9.43. The van der Waals surface area contributed by atoms with Gasteiger partial charge < -0.3 is 36.0 Å². The van der Waals surface area contributed by atoms with E-state index >= 15 is 0 Å². The molecule has 0 spiro atoms. The number of aliphatic hydroxyl groups is 5. The first-order valence-corrected chi connectivity index (χ1v) is 23.7. The van der Waals surface area contributed by atoms with Crippen LogP contribution >= 0.6 is 0 Å². The molecule has 8 aliphatic carbocycles. The molecule has 8 saturated carbocycles. The molecular formula is C48H79NO8. The maximum atomic E-state index is 13.7. The molecule has 1 amide bonds. The molecule has 0 aromatic carbocycles. The van der Waals surface area contributed by atoms with Gasteiger partial charge in [-0.05, 0) is 195 Å². The molecule has 0 aliphatic heterocycles. The molecule has 57 heavy (non-hydrogen) atoms. The highest BCUT2D eigenvalue weighted by Gasteiger charge is 2.67. The van der Waals surface area contributed by atoms with Crippen LogP contribution < -0.4 is 5.32 Å². The standard InChI is InChI=1S/C48H79NO8/c1-25(31-9-11-34-44-36(24-40(54)47(31,34)5)46(4)18-16-30(50)20-28(46)22-38(44)52)7-13-41(55)49-29-15-17-45(3)27(19-29)21-37(51)43-33-12-10-32(26(2)8-14-42(56)57)48(33,6)39(53)23-35(43)45/h25-40,43-44,50-54H,7-24H2,1-6H3,(H,49,55)(H,56,57)/t25-,26-,27+,28+,29+,30+,31-,32-,33+,34+,35+,36+,37-,38-,39+,40+,43+,44+,45+,46+,47-,48-/m1/s1. The molecule has 9 heteroatoms. The highest BCUT2D eigenvalue weighted by molar-refractivity contribution is 5.76. The van der Waals surface area contributed by atoms with Crippen molar-refractivity contribution in [2.24, 2.45) is 92.7 Å². The minimum atomic E-state index is -0.764. The van der Waals surface area contributed by atoms with E-state index in [0.29, 0.717) is 31.1 Å². The number of amides is 1. The zero-order valence-electron chi connectivity index (χ0n) is 36.1. The van der Waals surface area contributed by atoms with E-state index in [0.717, 1.165) is 89.9 Å². The average Bonchev–Trinajstić information content (AvgIpc) is 3.70. The molecule has 9 nitrogen and oxygen atoms in total. The quantitative estimate of drug-likeness (QED) is 0.132. The summed E-state index contributed by atoms with van der Waals surface area (Å²) in [6.07, 6.45) is 12.3. The first-order chi connectivity index (χ1) is 26.8. The van der Waals surface area contributed by atoms with Gasteiger partial charge in [-0.2, -0.15) is 0 Å². The second-order valence-electron chi connectivity index (χ2n) is 23.1. The summed E-state index contributed by atoms with van der Waals surface area (Å²) in [5.41, 5.74) is -0.514. The van der Waals surface area contributed by atoms with Crippen LogP contribution in [0.3, 0.4) is 0 Å². The summed E-state index contributed by atoms with van der Waals surface area (Å²) in [5.74, 6) is 2.37. The smallest absolute Gasteiger partial charge is 0.303 e. The Bertz CT molecular complexity index is 1510. The number of aliphatic carboxylic acids is 1. The van der Waals surface area contributed by atoms with Crippen LogP contribution in [0.5, 0.6) is 0 Å². The molecule has 0 aromatic rings. The first kappa shape index (κ1) is 42.4. The molecule has 7 N–H and O–H groups in total. The van der Waals surface area contributed by atoms with Crippen molar-refractivity contribution < 1.29 is 40.2 Å². The van der Waals surface area contributed by atoms with Crippen LogP contribution in [0, 0.1) is 92.7 Å². The third kappa shape index (κ3) is 6.70. The number of nitrogens with one attached hydrogen (secondary N) is 1. The Labute approximate surface area is 342 Å². The van der Waals surface area contributed by atoms with E-state index in [-0.39, 0.29) is 111 Å². The van der Waals surface area contributed by atoms with Crippen molar-refractivity contribution in [1.82, 2.24) is 5.32 Å². The minimum absolute atomic E-state index is 0.00569. The highest BCUT2D eigenvalue weighted by Crippen LogP contribution is 2.70. The van der Waals surface area contributed by atoms with Crippen LogP contribution in [0.15, 0.2) is 0 Å². The van der Waals surface area contributed by atoms with Crippen LogP contribution in [0.1, 0.15) is 157 Å². The molecule has 0 radical (unpaired) electrons. The molecule has 8 rings (SSSR count). The number of aliphatic hydroxyl groups excluding tert-OH is 5. The number of hydrogen-bond acceptors (Lipinski definition) is 7. The summed E-state index contributed by atoms with van der Waals surface area (Å²) < 4.78 is 0. The zero-order valence-corrected chi connectivity index (χ0v) is 36.1. The zero-order chi connectivity index (χ0) is 41.0. The molecular weight excluding hydrogens is 719 g/mol. The van der Waals surface area contributed by atoms with Gasteiger partial charge >= 0.3 is 5.97 Å². The number of carboxylic acids is 1. The predicted molar refractivity (Wildman–Crippen MR) is 218 cm³/mol. The summed E-state index contributed by atoms with van der Waals surface area (Å²) in [7, 11) is 0. The SMILES string of the molecule is C[C@H](CCC(=O)N[C@H]1CC[C@@]2(C)[C@@H](C1)C[C@@H](O)[C@@H]1[C@@H]2C[C@H](O)[C@]2(C)[C@@H]([C@H](C)CCC(=O)O)CC[C@@H]12)[C@H]1CC[C@H]2[C@@H]3[C@H](O)C[C@@H]4C[C@@H](O)CC[C@]4(C)[C@H]3C[C@H](O)[C@]12C. The Morgan fingerprint density at radius 3 is 1.58 bits per heavy atom. The van der Waals surface area contributed by atoms with Crippen molar-refractivity contribution in [1.29, 1.82) is 0 Å². The lowest BCUT2D eigenvalue weighted by Gasteiger charge is -2.63. The Morgan fingerprint density at radius 2 is 1.07 bits per heavy atom. The lowest BCUT2D eigenvalue weighted by molar-refractivity contribution is -0.207. The number of carbonyl (C=O) groups excluding carboxylic acids is 1. The molecule has 0 bridgehead atoms. The second-order valence-corrected chi connectivity index (χ2v) is 23.1. The summed E-state index contributed by atoms with van der Waals surface area (Å²) in [6, 6.07) is 0.0868. The Balaban J connectivity index is 0.867. The van der Waals surface area contributed by atoms with Crippen LogP contribution in [0.25, 0.3) is 0 Å². The van der Waals surface area contributed by atoms with E-state index in [9.17, 15) is 40.2 Å². The Hall–Kier alpha value is -1.26. The summed E-state index contributed by atoms with van der Waals surface area (Å²) in [4.78, 5) is 25.0. The van der Waals surface area contributed by atoms with Crippen LogP contribution in [-0.2, 0) is 9.59 Å². The second kappa shape index (κ2) is 15.3. The topological polar surface area (TPSA) is 168 Å². The lowest BCUT2D eigenvalue weighted by Crippen LogP contribution is -2.63. The fraction of sp³-hybridized carbons (Fsp3) is 0.958. The van der Waals surface area contributed by atoms with E-state index in [1.54, 1.807) is 0 Å². The summed E-state index contributed by atoms with van der Waals surface area (Å²) >= 11 is 0. The molecule has 324 valence electrons. The van der Waals surface area contributed by atoms with Gasteiger partial charge in [-0.1, -0.05) is 41.5 Å². The number of fused-ring (bicyclic) bond motifs is 10. The number of rotatable bonds is 9. The van der Waals surface area contributed by atoms with Gasteiger partial charge in [0.15, 0.2) is 0 Å². The van der Waals surface area contributed by atoms with Crippen molar-refractivity contribution >= 4 is 11.9 Å². The Kier molecular flexibility index (Phi) is 11.4. The molecule has 8 aliphatic rings. The van der Waals surface area contributed by atoms with Gasteiger partial charge in [0.1, 0.15) is 0 Å². The van der Waals surface area contributed by atoms with E-state index in [1.807, 2.05) is 0 Å². The fourth-order valence-corrected chi connectivity index (χ4v) is 17.8. The van der Waals surface area contributed by atoms with Gasteiger partial charge in [0.2, 0.25) is 5.91 Å². The van der Waals surface area contributed by atoms with E-state index < -0.39 is 24.3 Å². The van der Waals surface area contributed by atoms with Crippen molar-refractivity contribution in [2.45, 2.75) is 194 Å². The summed E-state index contributed by atoms with van der Waals surface area (Å²) in [5, 5.41) is 70.8.